The molecule has 0 saturated carbocycles. The van der Waals surface area contributed by atoms with E-state index >= 15 is 0 Å². The standard InChI is InChI=1S/C49H68O6/c1-4-7-10-13-16-19-20-21-22-23-24-25-26-27-28-31-33-36-39-42-48(51)54-45-46(55-49(52)43-40-37-34-30-18-15-12-9-6-3)44-53-47(50)41-38-35-32-29-17-14-11-8-5-2/h7-13,16-30,35,37-38,40,46H,4-6,14-15,31-34,36,39,41-45H2,1-3H3/b10-7-,11-8-,12-9-,16-13-,20-19-,22-21-,24-23+,26-25-,28-27-,29-17-,30-18-,38-35-,40-37-. The SMILES string of the molecule is CC\C=C/C=C\C=C/C=C\C=C\C=C/C=C\CCCCCC(=O)OCC(COC(=O)C/C=C\C/C=C\C/C=C\CC)OC(=O)C/C=C\C/C=C\C/C=C\CC. The summed E-state index contributed by atoms with van der Waals surface area (Å²) in [6.07, 6.45) is 61.5. The van der Waals surface area contributed by atoms with Crippen LogP contribution in [0.25, 0.3) is 0 Å². The number of hydrogen-bond donors (Lipinski definition) is 0. The van der Waals surface area contributed by atoms with Crippen molar-refractivity contribution in [1.82, 2.24) is 0 Å². The third-order valence-electron chi connectivity index (χ3n) is 7.27. The molecule has 0 aromatic heterocycles. The van der Waals surface area contributed by atoms with Crippen LogP contribution in [0.1, 0.15) is 111 Å². The molecule has 0 radical (unpaired) electrons. The summed E-state index contributed by atoms with van der Waals surface area (Å²) < 4.78 is 16.3. The molecule has 0 amide bonds. The Hall–Kier alpha value is -4.97. The van der Waals surface area contributed by atoms with Crippen molar-refractivity contribution in [2.45, 2.75) is 117 Å². The summed E-state index contributed by atoms with van der Waals surface area (Å²) in [6, 6.07) is 0. The monoisotopic (exact) mass is 753 g/mol. The van der Waals surface area contributed by atoms with Gasteiger partial charge in [-0.3, -0.25) is 14.4 Å². The van der Waals surface area contributed by atoms with Crippen molar-refractivity contribution in [2.24, 2.45) is 0 Å². The lowest BCUT2D eigenvalue weighted by Crippen LogP contribution is -2.30. The Morgan fingerprint density at radius 2 is 0.800 bits per heavy atom. The number of allylic oxidation sites excluding steroid dienone is 24. The van der Waals surface area contributed by atoms with Gasteiger partial charge in [0.15, 0.2) is 6.10 Å². The van der Waals surface area contributed by atoms with Gasteiger partial charge in [0.1, 0.15) is 13.2 Å². The highest BCUT2D eigenvalue weighted by Gasteiger charge is 2.18. The molecule has 0 fully saturated rings. The average Bonchev–Trinajstić information content (AvgIpc) is 3.18. The fourth-order valence-corrected chi connectivity index (χ4v) is 4.37. The molecule has 6 heteroatoms. The van der Waals surface area contributed by atoms with Gasteiger partial charge in [-0.25, -0.2) is 0 Å². The van der Waals surface area contributed by atoms with Crippen LogP contribution in [0.3, 0.4) is 0 Å². The van der Waals surface area contributed by atoms with Crippen molar-refractivity contribution in [2.75, 3.05) is 13.2 Å². The minimum absolute atomic E-state index is 0.0680. The molecule has 1 atom stereocenters. The van der Waals surface area contributed by atoms with E-state index in [1.807, 2.05) is 97.2 Å². The molecule has 0 aliphatic heterocycles. The number of carbonyl (C=O) groups is 3. The van der Waals surface area contributed by atoms with E-state index in [2.05, 4.69) is 69.4 Å². The minimum atomic E-state index is -0.886. The van der Waals surface area contributed by atoms with Crippen LogP contribution >= 0.6 is 0 Å². The van der Waals surface area contributed by atoms with Gasteiger partial charge in [-0.2, -0.15) is 0 Å². The van der Waals surface area contributed by atoms with Crippen LogP contribution in [0.4, 0.5) is 0 Å². The summed E-state index contributed by atoms with van der Waals surface area (Å²) in [6.45, 7) is 5.95. The molecule has 0 spiro atoms. The first kappa shape index (κ1) is 50.0. The highest BCUT2D eigenvalue weighted by atomic mass is 16.6. The second-order valence-electron chi connectivity index (χ2n) is 12.3. The van der Waals surface area contributed by atoms with E-state index in [1.165, 1.54) is 0 Å². The molecule has 0 heterocycles. The topological polar surface area (TPSA) is 78.9 Å². The van der Waals surface area contributed by atoms with E-state index in [0.717, 1.165) is 57.8 Å². The van der Waals surface area contributed by atoms with Crippen molar-refractivity contribution >= 4 is 17.9 Å². The van der Waals surface area contributed by atoms with Gasteiger partial charge in [0.05, 0.1) is 12.8 Å². The van der Waals surface area contributed by atoms with E-state index in [9.17, 15) is 14.4 Å². The zero-order valence-electron chi connectivity index (χ0n) is 33.9. The number of esters is 3. The Bertz CT molecular complexity index is 1370. The van der Waals surface area contributed by atoms with Crippen LogP contribution in [-0.4, -0.2) is 37.2 Å². The lowest BCUT2D eigenvalue weighted by Gasteiger charge is -2.17. The Balaban J connectivity index is 4.62. The number of rotatable bonds is 32. The van der Waals surface area contributed by atoms with Gasteiger partial charge in [0, 0.05) is 6.42 Å². The molecule has 0 aromatic carbocycles. The lowest BCUT2D eigenvalue weighted by atomic mass is 10.1. The molecule has 6 nitrogen and oxygen atoms in total. The first-order chi connectivity index (χ1) is 27.0. The Labute approximate surface area is 333 Å². The number of hydrogen-bond acceptors (Lipinski definition) is 6. The van der Waals surface area contributed by atoms with Crippen LogP contribution in [0, 0.1) is 0 Å². The van der Waals surface area contributed by atoms with Gasteiger partial charge in [0.2, 0.25) is 0 Å². The van der Waals surface area contributed by atoms with Crippen LogP contribution < -0.4 is 0 Å². The zero-order chi connectivity index (χ0) is 40.1. The van der Waals surface area contributed by atoms with Crippen molar-refractivity contribution in [3.05, 3.63) is 158 Å². The number of ether oxygens (including phenoxy) is 3. The predicted molar refractivity (Wildman–Crippen MR) is 232 cm³/mol. The maximum Gasteiger partial charge on any atom is 0.310 e. The normalized spacial score (nSPS) is 13.7. The maximum absolute atomic E-state index is 12.5. The molecule has 1 unspecified atom stereocenters. The van der Waals surface area contributed by atoms with Gasteiger partial charge in [-0.05, 0) is 64.2 Å². The van der Waals surface area contributed by atoms with Gasteiger partial charge in [-0.15, -0.1) is 0 Å². The van der Waals surface area contributed by atoms with Crippen LogP contribution in [0.15, 0.2) is 158 Å². The van der Waals surface area contributed by atoms with Gasteiger partial charge < -0.3 is 14.2 Å². The summed E-state index contributed by atoms with van der Waals surface area (Å²) in [5.41, 5.74) is 0. The first-order valence-electron chi connectivity index (χ1n) is 20.1. The fourth-order valence-electron chi connectivity index (χ4n) is 4.37. The molecule has 0 aliphatic carbocycles. The third kappa shape index (κ3) is 40.1. The second-order valence-corrected chi connectivity index (χ2v) is 12.3. The number of unbranched alkanes of at least 4 members (excludes halogenated alkanes) is 3. The third-order valence-corrected chi connectivity index (χ3v) is 7.27. The highest BCUT2D eigenvalue weighted by Crippen LogP contribution is 2.07. The molecular formula is C49H68O6. The van der Waals surface area contributed by atoms with Crippen molar-refractivity contribution in [3.63, 3.8) is 0 Å². The van der Waals surface area contributed by atoms with E-state index in [1.54, 1.807) is 12.2 Å². The highest BCUT2D eigenvalue weighted by molar-refractivity contribution is 5.72. The Morgan fingerprint density at radius 3 is 1.29 bits per heavy atom. The van der Waals surface area contributed by atoms with Crippen LogP contribution in [0.2, 0.25) is 0 Å². The van der Waals surface area contributed by atoms with E-state index in [-0.39, 0.29) is 38.4 Å². The molecule has 300 valence electrons. The first-order valence-corrected chi connectivity index (χ1v) is 20.1. The minimum Gasteiger partial charge on any atom is -0.462 e. The molecular weight excluding hydrogens is 685 g/mol. The summed E-state index contributed by atoms with van der Waals surface area (Å²) in [5, 5.41) is 0. The maximum atomic E-state index is 12.5. The molecule has 0 aliphatic rings. The fraction of sp³-hybridized carbons (Fsp3) is 0.408. The zero-order valence-corrected chi connectivity index (χ0v) is 33.9. The van der Waals surface area contributed by atoms with Gasteiger partial charge in [-0.1, -0.05) is 185 Å². The average molecular weight is 753 g/mol. The summed E-state index contributed by atoms with van der Waals surface area (Å²) >= 11 is 0. The van der Waals surface area contributed by atoms with E-state index in [0.29, 0.717) is 12.8 Å². The molecule has 0 bridgehead atoms. The molecule has 0 saturated heterocycles. The summed E-state index contributed by atoms with van der Waals surface area (Å²) in [4.78, 5) is 37.3. The summed E-state index contributed by atoms with van der Waals surface area (Å²) in [5.74, 6) is -1.30. The molecule has 55 heavy (non-hydrogen) atoms. The number of carbonyl (C=O) groups excluding carboxylic acids is 3. The van der Waals surface area contributed by atoms with Crippen LogP contribution in [0.5, 0.6) is 0 Å². The van der Waals surface area contributed by atoms with Gasteiger partial charge >= 0.3 is 17.9 Å². The quantitative estimate of drug-likeness (QED) is 0.0224. The molecule has 0 aromatic rings. The van der Waals surface area contributed by atoms with Gasteiger partial charge in [0.25, 0.3) is 0 Å². The lowest BCUT2D eigenvalue weighted by molar-refractivity contribution is -0.166. The van der Waals surface area contributed by atoms with Crippen molar-refractivity contribution in [3.8, 4) is 0 Å². The van der Waals surface area contributed by atoms with Crippen molar-refractivity contribution < 1.29 is 28.6 Å². The van der Waals surface area contributed by atoms with Crippen molar-refractivity contribution in [1.29, 1.82) is 0 Å². The Morgan fingerprint density at radius 1 is 0.400 bits per heavy atom. The largest absolute Gasteiger partial charge is 0.462 e. The Kier molecular flexibility index (Phi) is 38.0. The van der Waals surface area contributed by atoms with E-state index in [4.69, 9.17) is 14.2 Å². The molecule has 0 N–H and O–H groups in total. The van der Waals surface area contributed by atoms with Crippen LogP contribution in [-0.2, 0) is 28.6 Å². The van der Waals surface area contributed by atoms with E-state index < -0.39 is 18.0 Å². The smallest absolute Gasteiger partial charge is 0.310 e. The predicted octanol–water partition coefficient (Wildman–Crippen LogP) is 12.7. The second kappa shape index (κ2) is 41.8. The molecule has 0 rings (SSSR count). The summed E-state index contributed by atoms with van der Waals surface area (Å²) in [7, 11) is 0.